The van der Waals surface area contributed by atoms with Crippen LogP contribution in [0.2, 0.25) is 10.0 Å². The number of urea groups is 1. The van der Waals surface area contributed by atoms with Gasteiger partial charge in [0.05, 0.1) is 15.5 Å². The van der Waals surface area contributed by atoms with Crippen molar-refractivity contribution in [1.29, 1.82) is 0 Å². The summed E-state index contributed by atoms with van der Waals surface area (Å²) in [4.78, 5) is 54.4. The molecule has 6 N–H and O–H groups in total. The van der Waals surface area contributed by atoms with Crippen LogP contribution in [0.15, 0.2) is 48.5 Å². The second-order valence-electron chi connectivity index (χ2n) is 12.2. The zero-order chi connectivity index (χ0) is 34.1. The van der Waals surface area contributed by atoms with Crippen LogP contribution in [0, 0.1) is 5.41 Å². The highest BCUT2D eigenvalue weighted by Crippen LogP contribution is 2.35. The first-order valence-corrected chi connectivity index (χ1v) is 17.5. The summed E-state index contributed by atoms with van der Waals surface area (Å²) in [7, 11) is 0. The van der Waals surface area contributed by atoms with Crippen molar-refractivity contribution in [3.05, 3.63) is 69.7 Å². The first kappa shape index (κ1) is 38.1. The summed E-state index contributed by atoms with van der Waals surface area (Å²) >= 11 is 12.4. The normalized spacial score (nSPS) is 16.6. The molecule has 47 heavy (non-hydrogen) atoms. The number of hydrogen-bond donors (Lipinski definition) is 5. The Morgan fingerprint density at radius 3 is 2.34 bits per heavy atom. The fourth-order valence-corrected chi connectivity index (χ4v) is 6.29. The highest BCUT2D eigenvalue weighted by Gasteiger charge is 2.44. The number of halogens is 2. The largest absolute Gasteiger partial charge is 0.356 e. The number of nitrogens with zero attached hydrogens (tertiary/aromatic N) is 1. The number of rotatable bonds is 18. The molecule has 2 aromatic carbocycles. The molecule has 2 atom stereocenters. The van der Waals surface area contributed by atoms with E-state index in [2.05, 4.69) is 21.3 Å². The van der Waals surface area contributed by atoms with E-state index in [1.807, 2.05) is 37.3 Å². The van der Waals surface area contributed by atoms with Gasteiger partial charge in [0.2, 0.25) is 17.7 Å². The van der Waals surface area contributed by atoms with Gasteiger partial charge in [0.15, 0.2) is 0 Å². The molecule has 3 rings (SSSR count). The molecule has 1 aliphatic heterocycles. The molecule has 0 aromatic heterocycles. The van der Waals surface area contributed by atoms with E-state index in [1.54, 1.807) is 23.1 Å². The van der Waals surface area contributed by atoms with Crippen LogP contribution in [-0.4, -0.2) is 74.0 Å². The Labute approximate surface area is 288 Å². The van der Waals surface area contributed by atoms with Crippen LogP contribution >= 0.6 is 23.2 Å². The van der Waals surface area contributed by atoms with Gasteiger partial charge in [-0.05, 0) is 81.7 Å². The van der Waals surface area contributed by atoms with Crippen molar-refractivity contribution in [3.8, 4) is 0 Å². The van der Waals surface area contributed by atoms with E-state index in [9.17, 15) is 19.2 Å². The number of nitrogens with two attached hydrogens (primary N) is 1. The third-order valence-corrected chi connectivity index (χ3v) is 9.18. The fraction of sp³-hybridized carbons (Fsp3) is 0.543. The van der Waals surface area contributed by atoms with E-state index in [-0.39, 0.29) is 30.7 Å². The van der Waals surface area contributed by atoms with E-state index < -0.39 is 17.5 Å². The molecule has 5 amide bonds. The molecule has 10 nitrogen and oxygen atoms in total. The van der Waals surface area contributed by atoms with Crippen LogP contribution in [0.1, 0.15) is 69.4 Å². The number of carbonyl (C=O) groups excluding carboxylic acids is 4. The van der Waals surface area contributed by atoms with Crippen molar-refractivity contribution < 1.29 is 19.2 Å². The fourth-order valence-electron chi connectivity index (χ4n) is 5.97. The summed E-state index contributed by atoms with van der Waals surface area (Å²) in [6, 6.07) is 13.6. The van der Waals surface area contributed by atoms with Gasteiger partial charge in [0.25, 0.3) is 0 Å². The summed E-state index contributed by atoms with van der Waals surface area (Å²) in [5.41, 5.74) is 6.47. The van der Waals surface area contributed by atoms with Crippen LogP contribution in [0.3, 0.4) is 0 Å². The molecule has 1 saturated heterocycles. The molecule has 0 unspecified atom stereocenters. The predicted octanol–water partition coefficient (Wildman–Crippen LogP) is 4.61. The number of likely N-dealkylation sites (tertiary alicyclic amines) is 1. The lowest BCUT2D eigenvalue weighted by molar-refractivity contribution is -0.142. The van der Waals surface area contributed by atoms with Crippen molar-refractivity contribution in [3.63, 3.8) is 0 Å². The van der Waals surface area contributed by atoms with E-state index >= 15 is 0 Å². The van der Waals surface area contributed by atoms with Gasteiger partial charge >= 0.3 is 6.03 Å². The van der Waals surface area contributed by atoms with Crippen molar-refractivity contribution in [2.24, 2.45) is 11.1 Å². The van der Waals surface area contributed by atoms with Gasteiger partial charge in [-0.3, -0.25) is 14.4 Å². The quantitative estimate of drug-likeness (QED) is 0.145. The number of unbranched alkanes of at least 4 members (excludes halogenated alkanes) is 3. The Balaban J connectivity index is 1.64. The number of carbonyl (C=O) groups is 4. The number of piperidine rings is 1. The molecule has 2 aromatic rings. The zero-order valence-electron chi connectivity index (χ0n) is 27.4. The molecule has 0 spiro atoms. The standard InChI is InChI=1S/C35H50Cl2N6O4/c1-2-39-33(46)35(24-26-12-5-3-6-13-26)17-11-21-43(25-35)32(45)30(23-27-15-16-28(36)29(37)22-27)42-34(47)41-20-10-9-19-40-31(44)14-7-4-8-18-38/h3,5-6,12-13,15-16,22,30H,2,4,7-11,14,17-21,23-25,38H2,1H3,(H,39,46)(H,40,44)(H2,41,42,47)/t30-,35+/m1/s1. The molecular weight excluding hydrogens is 639 g/mol. The summed E-state index contributed by atoms with van der Waals surface area (Å²) in [5.74, 6) is -0.313. The first-order valence-electron chi connectivity index (χ1n) is 16.7. The monoisotopic (exact) mass is 688 g/mol. The average molecular weight is 690 g/mol. The van der Waals surface area contributed by atoms with Crippen molar-refractivity contribution in [2.75, 3.05) is 39.3 Å². The number of amides is 5. The third-order valence-electron chi connectivity index (χ3n) is 8.44. The molecule has 1 fully saturated rings. The van der Waals surface area contributed by atoms with Gasteiger partial charge < -0.3 is 31.9 Å². The highest BCUT2D eigenvalue weighted by molar-refractivity contribution is 6.42. The Bertz CT molecular complexity index is 1310. The van der Waals surface area contributed by atoms with Crippen LogP contribution < -0.4 is 27.0 Å². The zero-order valence-corrected chi connectivity index (χ0v) is 28.9. The van der Waals surface area contributed by atoms with Crippen LogP contribution in [0.4, 0.5) is 4.79 Å². The van der Waals surface area contributed by atoms with Crippen molar-refractivity contribution >= 4 is 47.0 Å². The molecule has 0 aliphatic carbocycles. The average Bonchev–Trinajstić information content (AvgIpc) is 3.06. The Hall–Kier alpha value is -3.34. The maximum Gasteiger partial charge on any atom is 0.315 e. The SMILES string of the molecule is CCNC(=O)[C@]1(Cc2ccccc2)CCCN(C(=O)[C@@H](Cc2ccc(Cl)c(Cl)c2)NC(=O)NCCCCNC(=O)CCCCCN)C1. The molecule has 0 saturated carbocycles. The maximum absolute atomic E-state index is 14.1. The molecule has 1 heterocycles. The summed E-state index contributed by atoms with van der Waals surface area (Å²) in [5, 5.41) is 12.4. The van der Waals surface area contributed by atoms with E-state index in [4.69, 9.17) is 28.9 Å². The van der Waals surface area contributed by atoms with E-state index in [0.717, 1.165) is 30.4 Å². The van der Waals surface area contributed by atoms with Gasteiger partial charge in [-0.1, -0.05) is 66.0 Å². The van der Waals surface area contributed by atoms with Gasteiger partial charge in [-0.25, -0.2) is 4.79 Å². The second kappa shape index (κ2) is 20.1. The van der Waals surface area contributed by atoms with E-state index in [0.29, 0.717) is 81.3 Å². The minimum absolute atomic E-state index is 0.0223. The summed E-state index contributed by atoms with van der Waals surface area (Å²) in [6.07, 6.45) is 6.55. The van der Waals surface area contributed by atoms with Crippen molar-refractivity contribution in [2.45, 2.75) is 77.2 Å². The molecular formula is C35H50Cl2N6O4. The number of hydrogen-bond acceptors (Lipinski definition) is 5. The molecule has 258 valence electrons. The van der Waals surface area contributed by atoms with Gasteiger partial charge in [-0.15, -0.1) is 0 Å². The molecule has 0 radical (unpaired) electrons. The third kappa shape index (κ3) is 12.7. The van der Waals surface area contributed by atoms with Crippen LogP contribution in [0.5, 0.6) is 0 Å². The number of nitrogens with one attached hydrogen (secondary N) is 4. The molecule has 0 bridgehead atoms. The lowest BCUT2D eigenvalue weighted by Crippen LogP contribution is -2.59. The smallest absolute Gasteiger partial charge is 0.315 e. The minimum atomic E-state index is -0.896. The second-order valence-corrected chi connectivity index (χ2v) is 13.0. The lowest BCUT2D eigenvalue weighted by atomic mass is 9.74. The van der Waals surface area contributed by atoms with Gasteiger partial charge in [-0.2, -0.15) is 0 Å². The van der Waals surface area contributed by atoms with Crippen LogP contribution in [0.25, 0.3) is 0 Å². The Morgan fingerprint density at radius 2 is 1.64 bits per heavy atom. The predicted molar refractivity (Wildman–Crippen MR) is 187 cm³/mol. The summed E-state index contributed by atoms with van der Waals surface area (Å²) in [6.45, 7) is 4.65. The summed E-state index contributed by atoms with van der Waals surface area (Å²) < 4.78 is 0. The minimum Gasteiger partial charge on any atom is -0.356 e. The Kier molecular flexibility index (Phi) is 16.3. The maximum atomic E-state index is 14.1. The van der Waals surface area contributed by atoms with E-state index in [1.165, 1.54) is 0 Å². The topological polar surface area (TPSA) is 146 Å². The molecule has 1 aliphatic rings. The van der Waals surface area contributed by atoms with Crippen LogP contribution in [-0.2, 0) is 27.2 Å². The van der Waals surface area contributed by atoms with Gasteiger partial charge in [0, 0.05) is 45.6 Å². The first-order chi connectivity index (χ1) is 22.7. The van der Waals surface area contributed by atoms with Crippen molar-refractivity contribution in [1.82, 2.24) is 26.2 Å². The van der Waals surface area contributed by atoms with Gasteiger partial charge in [0.1, 0.15) is 6.04 Å². The lowest BCUT2D eigenvalue weighted by Gasteiger charge is -2.43. The molecule has 12 heteroatoms. The Morgan fingerprint density at radius 1 is 0.894 bits per heavy atom. The number of benzene rings is 2. The highest BCUT2D eigenvalue weighted by atomic mass is 35.5.